The summed E-state index contributed by atoms with van der Waals surface area (Å²) in [5, 5.41) is 2.85. The van der Waals surface area contributed by atoms with Crippen LogP contribution in [0.2, 0.25) is 0 Å². The maximum atomic E-state index is 12.9. The Morgan fingerprint density at radius 3 is 2.79 bits per heavy atom. The Bertz CT molecular complexity index is 869. The molecule has 0 aliphatic carbocycles. The van der Waals surface area contributed by atoms with Crippen molar-refractivity contribution in [2.75, 3.05) is 18.5 Å². The van der Waals surface area contributed by atoms with E-state index in [2.05, 4.69) is 28.2 Å². The molecule has 0 saturated heterocycles. The minimum Gasteiger partial charge on any atom is -0.484 e. The van der Waals surface area contributed by atoms with Crippen LogP contribution in [0.15, 0.2) is 46.9 Å². The van der Waals surface area contributed by atoms with Gasteiger partial charge in [0.05, 0.1) is 6.04 Å². The van der Waals surface area contributed by atoms with E-state index in [-0.39, 0.29) is 24.5 Å². The molecule has 6 heteroatoms. The molecule has 2 amide bonds. The van der Waals surface area contributed by atoms with Gasteiger partial charge in [0.2, 0.25) is 5.91 Å². The Kier molecular flexibility index (Phi) is 6.73. The average Bonchev–Trinajstić information content (AvgIpc) is 2.70. The predicted molar refractivity (Wildman–Crippen MR) is 113 cm³/mol. The van der Waals surface area contributed by atoms with E-state index in [1.54, 1.807) is 6.07 Å². The Labute approximate surface area is 174 Å². The second-order valence-corrected chi connectivity index (χ2v) is 7.79. The van der Waals surface area contributed by atoms with Crippen molar-refractivity contribution < 1.29 is 14.3 Å². The van der Waals surface area contributed by atoms with E-state index in [0.717, 1.165) is 27.7 Å². The topological polar surface area (TPSA) is 58.6 Å². The van der Waals surface area contributed by atoms with Crippen molar-refractivity contribution in [3.05, 3.63) is 58.1 Å². The van der Waals surface area contributed by atoms with E-state index in [1.165, 1.54) is 0 Å². The minimum atomic E-state index is -0.0506. The molecule has 0 bridgehead atoms. The van der Waals surface area contributed by atoms with Gasteiger partial charge in [-0.2, -0.15) is 0 Å². The number of rotatable bonds is 7. The highest BCUT2D eigenvalue weighted by Crippen LogP contribution is 2.29. The first-order valence-corrected chi connectivity index (χ1v) is 10.4. The third-order valence-electron chi connectivity index (χ3n) is 4.94. The highest BCUT2D eigenvalue weighted by Gasteiger charge is 2.23. The number of amides is 2. The largest absolute Gasteiger partial charge is 0.484 e. The van der Waals surface area contributed by atoms with Gasteiger partial charge >= 0.3 is 0 Å². The SMILES string of the molecule is CCCN(C(=O)COc1ccc2c(c1)CCC(=O)N2)[C@@H](C)c1ccccc1Br. The first-order valence-electron chi connectivity index (χ1n) is 9.59. The molecule has 1 aliphatic rings. The number of ether oxygens (including phenoxy) is 1. The maximum absolute atomic E-state index is 12.9. The third kappa shape index (κ3) is 4.73. The molecule has 2 aromatic rings. The summed E-state index contributed by atoms with van der Waals surface area (Å²) in [5.41, 5.74) is 2.94. The van der Waals surface area contributed by atoms with Crippen LogP contribution < -0.4 is 10.1 Å². The summed E-state index contributed by atoms with van der Waals surface area (Å²) in [5.74, 6) is 0.636. The Hall–Kier alpha value is -2.34. The van der Waals surface area contributed by atoms with E-state index in [1.807, 2.05) is 48.2 Å². The van der Waals surface area contributed by atoms with Crippen LogP contribution in [0.3, 0.4) is 0 Å². The molecule has 2 aromatic carbocycles. The van der Waals surface area contributed by atoms with Gasteiger partial charge < -0.3 is 15.0 Å². The Balaban J connectivity index is 1.68. The van der Waals surface area contributed by atoms with Gasteiger partial charge in [-0.1, -0.05) is 41.1 Å². The van der Waals surface area contributed by atoms with Gasteiger partial charge in [0, 0.05) is 23.1 Å². The van der Waals surface area contributed by atoms with Gasteiger partial charge in [-0.15, -0.1) is 0 Å². The van der Waals surface area contributed by atoms with Crippen molar-refractivity contribution >= 4 is 33.4 Å². The molecule has 0 radical (unpaired) electrons. The molecule has 1 heterocycles. The summed E-state index contributed by atoms with van der Waals surface area (Å²) >= 11 is 3.58. The number of benzene rings is 2. The molecule has 148 valence electrons. The van der Waals surface area contributed by atoms with Crippen LogP contribution in [0.4, 0.5) is 5.69 Å². The number of anilines is 1. The fourth-order valence-electron chi connectivity index (χ4n) is 3.43. The fourth-order valence-corrected chi connectivity index (χ4v) is 4.05. The number of hydrogen-bond donors (Lipinski definition) is 1. The van der Waals surface area contributed by atoms with Crippen LogP contribution in [-0.4, -0.2) is 29.9 Å². The van der Waals surface area contributed by atoms with E-state index < -0.39 is 0 Å². The number of hydrogen-bond acceptors (Lipinski definition) is 3. The van der Waals surface area contributed by atoms with Crippen LogP contribution in [0.5, 0.6) is 5.75 Å². The summed E-state index contributed by atoms with van der Waals surface area (Å²) in [6.45, 7) is 4.75. The minimum absolute atomic E-state index is 0.0139. The van der Waals surface area contributed by atoms with Crippen LogP contribution in [0, 0.1) is 0 Å². The van der Waals surface area contributed by atoms with Gasteiger partial charge in [-0.25, -0.2) is 0 Å². The number of halogens is 1. The van der Waals surface area contributed by atoms with E-state index in [4.69, 9.17) is 4.74 Å². The van der Waals surface area contributed by atoms with Gasteiger partial charge in [-0.3, -0.25) is 9.59 Å². The number of nitrogens with zero attached hydrogens (tertiary/aromatic N) is 1. The Morgan fingerprint density at radius 2 is 2.04 bits per heavy atom. The molecule has 0 aromatic heterocycles. The number of nitrogens with one attached hydrogen (secondary N) is 1. The lowest BCUT2D eigenvalue weighted by atomic mass is 10.0. The third-order valence-corrected chi connectivity index (χ3v) is 5.66. The summed E-state index contributed by atoms with van der Waals surface area (Å²) in [6, 6.07) is 13.4. The molecule has 0 fully saturated rings. The molecule has 0 unspecified atom stereocenters. The standard InChI is InChI=1S/C22H25BrN2O3/c1-3-12-25(15(2)18-6-4-5-7-19(18)23)22(27)14-28-17-9-10-20-16(13-17)8-11-21(26)24-20/h4-7,9-10,13,15H,3,8,11-12,14H2,1-2H3,(H,24,26)/t15-/m0/s1. The van der Waals surface area contributed by atoms with E-state index in [0.29, 0.717) is 25.1 Å². The second kappa shape index (κ2) is 9.24. The monoisotopic (exact) mass is 444 g/mol. The fraction of sp³-hybridized carbons (Fsp3) is 0.364. The number of aryl methyl sites for hydroxylation is 1. The smallest absolute Gasteiger partial charge is 0.261 e. The van der Waals surface area contributed by atoms with Crippen molar-refractivity contribution in [1.82, 2.24) is 4.90 Å². The van der Waals surface area contributed by atoms with Crippen molar-refractivity contribution in [2.24, 2.45) is 0 Å². The molecular weight excluding hydrogens is 420 g/mol. The van der Waals surface area contributed by atoms with Crippen LogP contribution in [0.25, 0.3) is 0 Å². The first-order chi connectivity index (χ1) is 13.5. The normalized spacial score (nSPS) is 14.0. The van der Waals surface area contributed by atoms with Gasteiger partial charge in [-0.05, 0) is 55.2 Å². The van der Waals surface area contributed by atoms with Crippen molar-refractivity contribution in [3.63, 3.8) is 0 Å². The zero-order valence-corrected chi connectivity index (χ0v) is 17.8. The summed E-state index contributed by atoms with van der Waals surface area (Å²) < 4.78 is 6.78. The lowest BCUT2D eigenvalue weighted by Gasteiger charge is -2.30. The van der Waals surface area contributed by atoms with Crippen LogP contribution in [0.1, 0.15) is 43.9 Å². The highest BCUT2D eigenvalue weighted by molar-refractivity contribution is 9.10. The van der Waals surface area contributed by atoms with Crippen LogP contribution >= 0.6 is 15.9 Å². The molecule has 1 aliphatic heterocycles. The van der Waals surface area contributed by atoms with Gasteiger partial charge in [0.25, 0.3) is 5.91 Å². The molecule has 1 atom stereocenters. The Morgan fingerprint density at radius 1 is 1.25 bits per heavy atom. The van der Waals surface area contributed by atoms with Crippen molar-refractivity contribution in [1.29, 1.82) is 0 Å². The van der Waals surface area contributed by atoms with Gasteiger partial charge in [0.15, 0.2) is 6.61 Å². The lowest BCUT2D eigenvalue weighted by Crippen LogP contribution is -2.37. The molecule has 28 heavy (non-hydrogen) atoms. The molecule has 0 saturated carbocycles. The van der Waals surface area contributed by atoms with Crippen LogP contribution in [-0.2, 0) is 16.0 Å². The highest BCUT2D eigenvalue weighted by atomic mass is 79.9. The summed E-state index contributed by atoms with van der Waals surface area (Å²) in [7, 11) is 0. The zero-order chi connectivity index (χ0) is 20.1. The van der Waals surface area contributed by atoms with Crippen molar-refractivity contribution in [3.8, 4) is 5.75 Å². The molecule has 3 rings (SSSR count). The average molecular weight is 445 g/mol. The maximum Gasteiger partial charge on any atom is 0.261 e. The van der Waals surface area contributed by atoms with E-state index in [9.17, 15) is 9.59 Å². The first kappa shape index (κ1) is 20.4. The molecule has 0 spiro atoms. The van der Waals surface area contributed by atoms with E-state index >= 15 is 0 Å². The number of carbonyl (C=O) groups excluding carboxylic acids is 2. The molecule has 1 N–H and O–H groups in total. The predicted octanol–water partition coefficient (Wildman–Crippen LogP) is 4.71. The summed E-state index contributed by atoms with van der Waals surface area (Å²) in [4.78, 5) is 26.2. The number of fused-ring (bicyclic) bond motifs is 1. The summed E-state index contributed by atoms with van der Waals surface area (Å²) in [6.07, 6.45) is 2.04. The second-order valence-electron chi connectivity index (χ2n) is 6.94. The number of carbonyl (C=O) groups is 2. The quantitative estimate of drug-likeness (QED) is 0.672. The molecule has 5 nitrogen and oxygen atoms in total. The molecular formula is C22H25BrN2O3. The van der Waals surface area contributed by atoms with Gasteiger partial charge in [0.1, 0.15) is 5.75 Å². The zero-order valence-electron chi connectivity index (χ0n) is 16.2. The van der Waals surface area contributed by atoms with Crippen molar-refractivity contribution in [2.45, 2.75) is 39.2 Å². The lowest BCUT2D eigenvalue weighted by molar-refractivity contribution is -0.135.